The molecule has 1 aromatic heterocycles. The van der Waals surface area contributed by atoms with Crippen molar-refractivity contribution in [1.29, 1.82) is 0 Å². The van der Waals surface area contributed by atoms with Crippen molar-refractivity contribution in [2.24, 2.45) is 5.92 Å². The predicted molar refractivity (Wildman–Crippen MR) is 128 cm³/mol. The lowest BCUT2D eigenvalue weighted by atomic mass is 9.98. The smallest absolute Gasteiger partial charge is 0.248 e. The molecule has 2 aromatic carbocycles. The third-order valence-corrected chi connectivity index (χ3v) is 8.03. The number of nitrogens with one attached hydrogen (secondary N) is 1. The number of piperidine rings is 1. The highest BCUT2D eigenvalue weighted by Crippen LogP contribution is 2.30. The summed E-state index contributed by atoms with van der Waals surface area (Å²) in [5.41, 5.74) is 0.662. The second kappa shape index (κ2) is 10.3. The Labute approximate surface area is 206 Å². The quantitative estimate of drug-likeness (QED) is 0.486. The highest BCUT2D eigenvalue weighted by molar-refractivity contribution is 7.89. The van der Waals surface area contributed by atoms with E-state index in [4.69, 9.17) is 16.1 Å². The van der Waals surface area contributed by atoms with Crippen molar-refractivity contribution < 1.29 is 26.5 Å². The number of amides is 1. The van der Waals surface area contributed by atoms with Crippen LogP contribution in [0, 0.1) is 24.5 Å². The Bertz CT molecular complexity index is 1390. The number of benzene rings is 2. The molecule has 7 nitrogen and oxygen atoms in total. The fraction of sp³-hybridized carbons (Fsp3) is 0.250. The van der Waals surface area contributed by atoms with E-state index < -0.39 is 33.5 Å². The number of sulfonamides is 1. The molecule has 1 aliphatic rings. The van der Waals surface area contributed by atoms with Crippen LogP contribution in [0.15, 0.2) is 51.9 Å². The summed E-state index contributed by atoms with van der Waals surface area (Å²) < 4.78 is 60.7. The van der Waals surface area contributed by atoms with Crippen molar-refractivity contribution in [2.75, 3.05) is 18.4 Å². The zero-order valence-electron chi connectivity index (χ0n) is 18.7. The van der Waals surface area contributed by atoms with Crippen molar-refractivity contribution in [3.63, 3.8) is 0 Å². The molecule has 0 bridgehead atoms. The van der Waals surface area contributed by atoms with Gasteiger partial charge in [-0.2, -0.15) is 4.31 Å². The molecule has 11 heteroatoms. The Kier molecular flexibility index (Phi) is 7.34. The molecule has 1 N–H and O–H groups in total. The van der Waals surface area contributed by atoms with Gasteiger partial charge in [-0.1, -0.05) is 35.0 Å². The van der Waals surface area contributed by atoms with E-state index in [1.54, 1.807) is 18.2 Å². The van der Waals surface area contributed by atoms with Crippen LogP contribution in [0.1, 0.15) is 29.9 Å². The maximum atomic E-state index is 14.0. The van der Waals surface area contributed by atoms with Gasteiger partial charge in [-0.3, -0.25) is 4.79 Å². The summed E-state index contributed by atoms with van der Waals surface area (Å²) in [7, 11) is -4.07. The minimum Gasteiger partial charge on any atom is -0.355 e. The molecular formula is C24H22ClF2N3O4S. The zero-order chi connectivity index (χ0) is 25.2. The van der Waals surface area contributed by atoms with Gasteiger partial charge in [0.25, 0.3) is 0 Å². The van der Waals surface area contributed by atoms with Crippen LogP contribution in [0.25, 0.3) is 12.2 Å². The van der Waals surface area contributed by atoms with Crippen LogP contribution >= 0.6 is 11.6 Å². The van der Waals surface area contributed by atoms with Crippen molar-refractivity contribution in [3.8, 4) is 0 Å². The number of anilines is 1. The summed E-state index contributed by atoms with van der Waals surface area (Å²) in [5, 5.41) is 6.48. The fourth-order valence-corrected chi connectivity index (χ4v) is 5.89. The van der Waals surface area contributed by atoms with Gasteiger partial charge in [0.1, 0.15) is 17.3 Å². The van der Waals surface area contributed by atoms with Gasteiger partial charge in [0.2, 0.25) is 15.9 Å². The summed E-state index contributed by atoms with van der Waals surface area (Å²) in [6.45, 7) is 1.65. The van der Waals surface area contributed by atoms with Crippen molar-refractivity contribution >= 4 is 45.4 Å². The van der Waals surface area contributed by atoms with Gasteiger partial charge in [-0.05, 0) is 56.2 Å². The number of nitrogens with zero attached hydrogens (tertiary/aromatic N) is 2. The number of aryl methyl sites for hydroxylation is 1. The van der Waals surface area contributed by atoms with Crippen molar-refractivity contribution in [1.82, 2.24) is 9.46 Å². The molecule has 1 amide bonds. The molecule has 1 saturated heterocycles. The second-order valence-electron chi connectivity index (χ2n) is 8.13. The SMILES string of the molecule is Cc1noc(C=Cc2ccccc2F)c1S(=O)(=O)N1CCCC(C(=O)Nc2ccc(F)cc2Cl)C1. The second-order valence-corrected chi connectivity index (χ2v) is 10.4. The summed E-state index contributed by atoms with van der Waals surface area (Å²) >= 11 is 5.99. The van der Waals surface area contributed by atoms with Crippen LogP contribution in [0.3, 0.4) is 0 Å². The Hall–Kier alpha value is -3.08. The largest absolute Gasteiger partial charge is 0.355 e. The molecule has 184 valence electrons. The molecular weight excluding hydrogens is 500 g/mol. The molecule has 0 spiro atoms. The van der Waals surface area contributed by atoms with E-state index >= 15 is 0 Å². The topological polar surface area (TPSA) is 92.5 Å². The lowest BCUT2D eigenvalue weighted by Crippen LogP contribution is -2.43. The monoisotopic (exact) mass is 521 g/mol. The average molecular weight is 522 g/mol. The van der Waals surface area contributed by atoms with Gasteiger partial charge < -0.3 is 9.84 Å². The Balaban J connectivity index is 1.54. The van der Waals surface area contributed by atoms with E-state index in [2.05, 4.69) is 10.5 Å². The molecule has 35 heavy (non-hydrogen) atoms. The molecule has 1 unspecified atom stereocenters. The number of aromatic nitrogens is 1. The maximum Gasteiger partial charge on any atom is 0.248 e. The van der Waals surface area contributed by atoms with Crippen LogP contribution in [-0.4, -0.2) is 36.9 Å². The normalized spacial score (nSPS) is 17.1. The standard InChI is InChI=1S/C24H22ClF2N3O4S/c1-15-23(22(34-29-15)11-8-16-5-2-3-7-20(16)27)35(32,33)30-12-4-6-17(14-30)24(31)28-21-10-9-18(26)13-19(21)25/h2-3,5,7-11,13,17H,4,6,12,14H2,1H3,(H,28,31). The van der Waals surface area contributed by atoms with Gasteiger partial charge in [0, 0.05) is 18.7 Å². The average Bonchev–Trinajstić information content (AvgIpc) is 3.21. The highest BCUT2D eigenvalue weighted by atomic mass is 35.5. The molecule has 2 heterocycles. The minimum atomic E-state index is -4.07. The van der Waals surface area contributed by atoms with E-state index in [1.165, 1.54) is 41.6 Å². The molecule has 4 rings (SSSR count). The number of carbonyl (C=O) groups is 1. The summed E-state index contributed by atoms with van der Waals surface area (Å²) in [6.07, 6.45) is 3.70. The van der Waals surface area contributed by atoms with Gasteiger partial charge in [-0.15, -0.1) is 0 Å². The molecule has 1 fully saturated rings. The number of carbonyl (C=O) groups excluding carboxylic acids is 1. The van der Waals surface area contributed by atoms with Crippen LogP contribution in [-0.2, 0) is 14.8 Å². The van der Waals surface area contributed by atoms with Gasteiger partial charge in [0.05, 0.1) is 16.6 Å². The number of hydrogen-bond donors (Lipinski definition) is 1. The zero-order valence-corrected chi connectivity index (χ0v) is 20.2. The number of halogens is 3. The highest BCUT2D eigenvalue weighted by Gasteiger charge is 2.37. The molecule has 0 aliphatic carbocycles. The van der Waals surface area contributed by atoms with Crippen molar-refractivity contribution in [3.05, 3.63) is 76.1 Å². The van der Waals surface area contributed by atoms with E-state index in [1.807, 2.05) is 0 Å². The number of hydrogen-bond acceptors (Lipinski definition) is 5. The van der Waals surface area contributed by atoms with Gasteiger partial charge in [0.15, 0.2) is 10.7 Å². The maximum absolute atomic E-state index is 14.0. The predicted octanol–water partition coefficient (Wildman–Crippen LogP) is 5.12. The van der Waals surface area contributed by atoms with Crippen LogP contribution in [0.4, 0.5) is 14.5 Å². The Morgan fingerprint density at radius 2 is 2.00 bits per heavy atom. The molecule has 0 radical (unpaired) electrons. The third-order valence-electron chi connectivity index (χ3n) is 5.69. The Morgan fingerprint density at radius 1 is 1.23 bits per heavy atom. The Morgan fingerprint density at radius 3 is 2.74 bits per heavy atom. The van der Waals surface area contributed by atoms with Crippen LogP contribution in [0.5, 0.6) is 0 Å². The first-order valence-corrected chi connectivity index (χ1v) is 12.6. The first-order chi connectivity index (χ1) is 16.7. The van der Waals surface area contributed by atoms with Crippen molar-refractivity contribution in [2.45, 2.75) is 24.7 Å². The minimum absolute atomic E-state index is 0.0320. The van der Waals surface area contributed by atoms with Gasteiger partial charge in [-0.25, -0.2) is 17.2 Å². The fourth-order valence-electron chi connectivity index (χ4n) is 3.90. The van der Waals surface area contributed by atoms with E-state index in [-0.39, 0.29) is 45.7 Å². The van der Waals surface area contributed by atoms with Gasteiger partial charge >= 0.3 is 0 Å². The lowest BCUT2D eigenvalue weighted by molar-refractivity contribution is -0.120. The first kappa shape index (κ1) is 25.0. The summed E-state index contributed by atoms with van der Waals surface area (Å²) in [5.74, 6) is -2.09. The molecule has 1 aliphatic heterocycles. The summed E-state index contributed by atoms with van der Waals surface area (Å²) in [6, 6.07) is 9.65. The molecule has 1 atom stereocenters. The third kappa shape index (κ3) is 5.44. The number of rotatable bonds is 6. The molecule has 0 saturated carbocycles. The van der Waals surface area contributed by atoms with E-state index in [9.17, 15) is 22.0 Å². The van der Waals surface area contributed by atoms with E-state index in [0.717, 1.165) is 6.07 Å². The molecule has 3 aromatic rings. The first-order valence-electron chi connectivity index (χ1n) is 10.8. The summed E-state index contributed by atoms with van der Waals surface area (Å²) in [4.78, 5) is 12.7. The van der Waals surface area contributed by atoms with Crippen LogP contribution in [0.2, 0.25) is 5.02 Å². The van der Waals surface area contributed by atoms with Crippen LogP contribution < -0.4 is 5.32 Å². The van der Waals surface area contributed by atoms with E-state index in [0.29, 0.717) is 12.8 Å². The lowest BCUT2D eigenvalue weighted by Gasteiger charge is -2.31.